The summed E-state index contributed by atoms with van der Waals surface area (Å²) in [7, 11) is 0. The van der Waals surface area contributed by atoms with Crippen LogP contribution >= 0.6 is 11.6 Å². The molecule has 2 fully saturated rings. The number of nitrogens with zero attached hydrogens (tertiary/aromatic N) is 3. The molecule has 1 amide bonds. The predicted molar refractivity (Wildman–Crippen MR) is 153 cm³/mol. The summed E-state index contributed by atoms with van der Waals surface area (Å²) in [5.74, 6) is 0.500. The summed E-state index contributed by atoms with van der Waals surface area (Å²) in [6.45, 7) is 2.29. The largest absolute Gasteiger partial charge is 0.491 e. The minimum Gasteiger partial charge on any atom is -0.491 e. The lowest BCUT2D eigenvalue weighted by Gasteiger charge is -2.31. The van der Waals surface area contributed by atoms with E-state index in [-0.39, 0.29) is 23.4 Å². The molecular formula is C29H31ClF4N6O2. The lowest BCUT2D eigenvalue weighted by Crippen LogP contribution is -2.41. The molecule has 2 aromatic carbocycles. The molecule has 42 heavy (non-hydrogen) atoms. The first-order valence-corrected chi connectivity index (χ1v) is 14.2. The molecule has 5 rings (SSSR count). The minimum atomic E-state index is -4.36. The van der Waals surface area contributed by atoms with E-state index in [1.54, 1.807) is 23.5 Å². The van der Waals surface area contributed by atoms with Crippen molar-refractivity contribution >= 4 is 45.6 Å². The molecule has 0 radical (unpaired) electrons. The van der Waals surface area contributed by atoms with Crippen molar-refractivity contribution in [2.75, 3.05) is 43.4 Å². The lowest BCUT2D eigenvalue weighted by atomic mass is 9.97. The van der Waals surface area contributed by atoms with Gasteiger partial charge in [-0.15, -0.1) is 0 Å². The molecule has 0 unspecified atom stereocenters. The van der Waals surface area contributed by atoms with Crippen molar-refractivity contribution in [3.05, 3.63) is 59.7 Å². The number of fused-ring (bicyclic) bond motifs is 1. The zero-order chi connectivity index (χ0) is 29.7. The molecule has 1 aliphatic carbocycles. The van der Waals surface area contributed by atoms with Gasteiger partial charge in [-0.05, 0) is 74.9 Å². The third-order valence-corrected chi connectivity index (χ3v) is 7.57. The fourth-order valence-corrected chi connectivity index (χ4v) is 4.90. The van der Waals surface area contributed by atoms with E-state index in [0.29, 0.717) is 78.8 Å². The van der Waals surface area contributed by atoms with Gasteiger partial charge in [-0.2, -0.15) is 13.2 Å². The number of piperidine rings is 1. The molecule has 0 bridgehead atoms. The van der Waals surface area contributed by atoms with Gasteiger partial charge in [0.25, 0.3) is 0 Å². The molecular weight excluding hydrogens is 576 g/mol. The molecule has 3 aromatic rings. The fourth-order valence-electron chi connectivity index (χ4n) is 4.72. The van der Waals surface area contributed by atoms with Crippen LogP contribution in [0.1, 0.15) is 25.7 Å². The Morgan fingerprint density at radius 1 is 1.10 bits per heavy atom. The fraction of sp³-hybridized carbons (Fsp3) is 0.414. The molecule has 13 heteroatoms. The maximum atomic E-state index is 13.6. The van der Waals surface area contributed by atoms with Gasteiger partial charge in [0, 0.05) is 36.3 Å². The van der Waals surface area contributed by atoms with Crippen molar-refractivity contribution in [1.82, 2.24) is 20.2 Å². The molecule has 2 aliphatic rings. The summed E-state index contributed by atoms with van der Waals surface area (Å²) < 4.78 is 56.9. The molecule has 2 heterocycles. The van der Waals surface area contributed by atoms with E-state index in [1.165, 1.54) is 30.6 Å². The Bertz CT molecular complexity index is 1440. The number of alkyl halides is 3. The second kappa shape index (κ2) is 13.2. The standard InChI is InChI=1S/C29H31ClF4N6O2/c30-22-12-20(5-6-23(22)31)38-28-21-13-25(26(42-16-19-3-4-19)14-24(21)35-17-36-28)39-27(41)2-1-9-40-10-7-18(8-11-40)15-37-29(32,33)34/h1-2,5-6,12-14,17-19,37H,3-4,7-11,15-16H2,(H,39,41)(H,35,36,38). The molecule has 224 valence electrons. The topological polar surface area (TPSA) is 91.4 Å². The number of nitrogens with one attached hydrogen (secondary N) is 3. The number of hydrogen-bond donors (Lipinski definition) is 3. The van der Waals surface area contributed by atoms with Crippen molar-refractivity contribution < 1.29 is 27.1 Å². The van der Waals surface area contributed by atoms with Crippen molar-refractivity contribution in [1.29, 1.82) is 0 Å². The SMILES string of the molecule is O=C(C=CCN1CCC(CNC(F)(F)F)CC1)Nc1cc2c(Nc3ccc(F)c(Cl)c3)ncnc2cc1OCC1CC1. The van der Waals surface area contributed by atoms with Crippen LogP contribution in [0.15, 0.2) is 48.8 Å². The predicted octanol–water partition coefficient (Wildman–Crippen LogP) is 6.27. The number of halogens is 5. The van der Waals surface area contributed by atoms with Crippen LogP contribution in [0.5, 0.6) is 5.75 Å². The van der Waals surface area contributed by atoms with E-state index in [2.05, 4.69) is 25.5 Å². The summed E-state index contributed by atoms with van der Waals surface area (Å²) >= 11 is 5.93. The third kappa shape index (κ3) is 8.52. The summed E-state index contributed by atoms with van der Waals surface area (Å²) in [5, 5.41) is 8.22. The second-order valence-corrected chi connectivity index (χ2v) is 11.0. The number of amides is 1. The van der Waals surface area contributed by atoms with Crippen molar-refractivity contribution in [3.8, 4) is 5.75 Å². The van der Waals surface area contributed by atoms with Gasteiger partial charge in [0.2, 0.25) is 5.91 Å². The Balaban J connectivity index is 1.25. The van der Waals surface area contributed by atoms with Crippen LogP contribution in [-0.4, -0.2) is 59.9 Å². The van der Waals surface area contributed by atoms with Crippen LogP contribution in [0.3, 0.4) is 0 Å². The smallest absolute Gasteiger partial charge is 0.457 e. The first-order chi connectivity index (χ1) is 20.1. The summed E-state index contributed by atoms with van der Waals surface area (Å²) in [5.41, 5.74) is 1.57. The molecule has 8 nitrogen and oxygen atoms in total. The minimum absolute atomic E-state index is 0.0273. The zero-order valence-electron chi connectivity index (χ0n) is 22.7. The number of likely N-dealkylation sites (tertiary alicyclic amines) is 1. The highest BCUT2D eigenvalue weighted by molar-refractivity contribution is 6.31. The Morgan fingerprint density at radius 2 is 1.88 bits per heavy atom. The second-order valence-electron chi connectivity index (χ2n) is 10.6. The zero-order valence-corrected chi connectivity index (χ0v) is 23.4. The van der Waals surface area contributed by atoms with E-state index in [4.69, 9.17) is 16.3 Å². The summed E-state index contributed by atoms with van der Waals surface area (Å²) in [6.07, 6.45) is 3.74. The Kier molecular flexibility index (Phi) is 9.44. The van der Waals surface area contributed by atoms with Gasteiger partial charge in [0.1, 0.15) is 23.7 Å². The monoisotopic (exact) mass is 606 g/mol. The van der Waals surface area contributed by atoms with Gasteiger partial charge >= 0.3 is 6.30 Å². The maximum absolute atomic E-state index is 13.6. The van der Waals surface area contributed by atoms with E-state index in [9.17, 15) is 22.4 Å². The number of anilines is 3. The highest BCUT2D eigenvalue weighted by atomic mass is 35.5. The molecule has 0 spiro atoms. The van der Waals surface area contributed by atoms with Gasteiger partial charge in [-0.3, -0.25) is 9.69 Å². The van der Waals surface area contributed by atoms with E-state index in [1.807, 2.05) is 0 Å². The number of rotatable bonds is 11. The van der Waals surface area contributed by atoms with Crippen LogP contribution < -0.4 is 20.7 Å². The number of carbonyl (C=O) groups is 1. The van der Waals surface area contributed by atoms with Gasteiger partial charge in [0.05, 0.1) is 22.8 Å². The lowest BCUT2D eigenvalue weighted by molar-refractivity contribution is -0.159. The number of hydrogen-bond acceptors (Lipinski definition) is 7. The number of benzene rings is 2. The molecule has 1 aromatic heterocycles. The molecule has 0 atom stereocenters. The highest BCUT2D eigenvalue weighted by Gasteiger charge is 2.29. The van der Waals surface area contributed by atoms with Crippen molar-refractivity contribution in [2.24, 2.45) is 11.8 Å². The quantitative estimate of drug-likeness (QED) is 0.135. The van der Waals surface area contributed by atoms with Crippen LogP contribution in [0.4, 0.5) is 34.8 Å². The van der Waals surface area contributed by atoms with Crippen molar-refractivity contribution in [2.45, 2.75) is 32.0 Å². The summed E-state index contributed by atoms with van der Waals surface area (Å²) in [4.78, 5) is 23.7. The Hall–Kier alpha value is -3.48. The van der Waals surface area contributed by atoms with Crippen LogP contribution in [0.25, 0.3) is 10.9 Å². The Morgan fingerprint density at radius 3 is 2.60 bits per heavy atom. The normalized spacial score (nSPS) is 16.7. The number of ether oxygens (including phenoxy) is 1. The number of carbonyl (C=O) groups excluding carboxylic acids is 1. The van der Waals surface area contributed by atoms with Gasteiger partial charge < -0.3 is 15.4 Å². The van der Waals surface area contributed by atoms with Crippen LogP contribution in [0, 0.1) is 17.7 Å². The molecule has 3 N–H and O–H groups in total. The average molecular weight is 607 g/mol. The Labute approximate surface area is 245 Å². The van der Waals surface area contributed by atoms with E-state index < -0.39 is 12.1 Å². The van der Waals surface area contributed by atoms with E-state index >= 15 is 0 Å². The maximum Gasteiger partial charge on any atom is 0.457 e. The van der Waals surface area contributed by atoms with E-state index in [0.717, 1.165) is 12.8 Å². The van der Waals surface area contributed by atoms with Crippen molar-refractivity contribution in [3.63, 3.8) is 0 Å². The van der Waals surface area contributed by atoms with Crippen LogP contribution in [-0.2, 0) is 4.79 Å². The summed E-state index contributed by atoms with van der Waals surface area (Å²) in [6, 6.07) is 7.73. The molecule has 1 saturated carbocycles. The number of aromatic nitrogens is 2. The third-order valence-electron chi connectivity index (χ3n) is 7.28. The molecule has 1 aliphatic heterocycles. The molecule has 1 saturated heterocycles. The first kappa shape index (κ1) is 30.0. The van der Waals surface area contributed by atoms with Crippen LogP contribution in [0.2, 0.25) is 5.02 Å². The average Bonchev–Trinajstić information content (AvgIpc) is 3.78. The first-order valence-electron chi connectivity index (χ1n) is 13.8. The van der Waals surface area contributed by atoms with Gasteiger partial charge in [-0.25, -0.2) is 19.7 Å². The van der Waals surface area contributed by atoms with Gasteiger partial charge in [-0.1, -0.05) is 17.7 Å². The van der Waals surface area contributed by atoms with Gasteiger partial charge in [0.15, 0.2) is 0 Å². The highest BCUT2D eigenvalue weighted by Crippen LogP contribution is 2.36.